The van der Waals surface area contributed by atoms with E-state index in [0.717, 1.165) is 44.2 Å². The summed E-state index contributed by atoms with van der Waals surface area (Å²) >= 11 is 0. The molecule has 21 heavy (non-hydrogen) atoms. The zero-order valence-corrected chi connectivity index (χ0v) is 12.9. The molecule has 1 aliphatic heterocycles. The zero-order chi connectivity index (χ0) is 14.9. The van der Waals surface area contributed by atoms with Gasteiger partial charge in [0.2, 0.25) is 0 Å². The Bertz CT molecular complexity index is 481. The van der Waals surface area contributed by atoms with Crippen LogP contribution in [0.4, 0.5) is 4.39 Å². The monoisotopic (exact) mass is 291 g/mol. The van der Waals surface area contributed by atoms with Crippen LogP contribution in [0.5, 0.6) is 0 Å². The number of halogens is 1. The van der Waals surface area contributed by atoms with Crippen LogP contribution >= 0.6 is 0 Å². The van der Waals surface area contributed by atoms with Crippen molar-refractivity contribution in [2.75, 3.05) is 32.7 Å². The highest BCUT2D eigenvalue weighted by molar-refractivity contribution is 5.19. The topological polar surface area (TPSA) is 32.5 Å². The van der Waals surface area contributed by atoms with Crippen LogP contribution in [0.15, 0.2) is 24.3 Å². The summed E-state index contributed by atoms with van der Waals surface area (Å²) in [4.78, 5) is 5.10. The van der Waals surface area contributed by atoms with Crippen molar-refractivity contribution in [3.63, 3.8) is 0 Å². The fourth-order valence-electron chi connectivity index (χ4n) is 3.47. The van der Waals surface area contributed by atoms with Crippen LogP contribution in [0.3, 0.4) is 0 Å². The summed E-state index contributed by atoms with van der Waals surface area (Å²) in [5, 5.41) is 0. The molecule has 2 fully saturated rings. The molecule has 1 saturated carbocycles. The third-order valence-electron chi connectivity index (χ3n) is 5.05. The molecular formula is C17H26FN3. The molecule has 0 bridgehead atoms. The first-order chi connectivity index (χ1) is 10.1. The van der Waals surface area contributed by atoms with Crippen molar-refractivity contribution in [1.82, 2.24) is 9.80 Å². The van der Waals surface area contributed by atoms with E-state index in [1.807, 2.05) is 6.07 Å². The summed E-state index contributed by atoms with van der Waals surface area (Å²) in [7, 11) is 0. The number of piperazine rings is 1. The molecule has 1 atom stereocenters. The van der Waals surface area contributed by atoms with Gasteiger partial charge in [0, 0.05) is 44.3 Å². The summed E-state index contributed by atoms with van der Waals surface area (Å²) in [5.74, 6) is -0.162. The number of benzene rings is 1. The summed E-state index contributed by atoms with van der Waals surface area (Å²) in [6, 6.07) is 7.76. The highest BCUT2D eigenvalue weighted by Gasteiger charge is 2.36. The molecule has 1 aromatic rings. The minimum Gasteiger partial charge on any atom is -0.329 e. The zero-order valence-electron chi connectivity index (χ0n) is 12.9. The second-order valence-electron chi connectivity index (χ2n) is 6.76. The molecule has 3 nitrogen and oxygen atoms in total. The van der Waals surface area contributed by atoms with E-state index in [1.54, 1.807) is 12.1 Å². The van der Waals surface area contributed by atoms with Crippen molar-refractivity contribution in [1.29, 1.82) is 0 Å². The molecule has 0 radical (unpaired) electrons. The van der Waals surface area contributed by atoms with E-state index in [2.05, 4.69) is 16.7 Å². The molecule has 0 amide bonds. The largest absolute Gasteiger partial charge is 0.329 e. The van der Waals surface area contributed by atoms with Gasteiger partial charge in [0.15, 0.2) is 0 Å². The van der Waals surface area contributed by atoms with Gasteiger partial charge in [0.1, 0.15) is 5.82 Å². The lowest BCUT2D eigenvalue weighted by molar-refractivity contribution is 0.0435. The van der Waals surface area contributed by atoms with Gasteiger partial charge in [0.05, 0.1) is 0 Å². The smallest absolute Gasteiger partial charge is 0.123 e. The Kier molecular flexibility index (Phi) is 4.29. The van der Waals surface area contributed by atoms with Crippen LogP contribution in [0.2, 0.25) is 0 Å². The maximum Gasteiger partial charge on any atom is 0.123 e. The van der Waals surface area contributed by atoms with Gasteiger partial charge in [-0.1, -0.05) is 12.1 Å². The van der Waals surface area contributed by atoms with Crippen LogP contribution in [0.25, 0.3) is 0 Å². The highest BCUT2D eigenvalue weighted by atomic mass is 19.1. The summed E-state index contributed by atoms with van der Waals surface area (Å²) in [6.07, 6.45) is 3.56. The fraction of sp³-hybridized carbons (Fsp3) is 0.647. The first kappa shape index (κ1) is 14.9. The molecule has 1 saturated heterocycles. The standard InChI is InChI=1S/C17H26FN3/c1-17(13-19,12-14-3-2-4-15(18)11-14)21-9-7-20(8-10-21)16-5-6-16/h2-4,11,16H,5-10,12-13,19H2,1H3. The fourth-order valence-corrected chi connectivity index (χ4v) is 3.47. The Hall–Kier alpha value is -0.970. The van der Waals surface area contributed by atoms with Gasteiger partial charge < -0.3 is 5.73 Å². The second-order valence-corrected chi connectivity index (χ2v) is 6.76. The van der Waals surface area contributed by atoms with Crippen LogP contribution < -0.4 is 5.73 Å². The van der Waals surface area contributed by atoms with Gasteiger partial charge >= 0.3 is 0 Å². The molecule has 0 spiro atoms. The van der Waals surface area contributed by atoms with Crippen LogP contribution in [0.1, 0.15) is 25.3 Å². The van der Waals surface area contributed by atoms with Gasteiger partial charge in [0.25, 0.3) is 0 Å². The first-order valence-electron chi connectivity index (χ1n) is 8.04. The molecule has 1 unspecified atom stereocenters. The van der Waals surface area contributed by atoms with Gasteiger partial charge in [-0.05, 0) is 43.9 Å². The highest BCUT2D eigenvalue weighted by Crippen LogP contribution is 2.29. The summed E-state index contributed by atoms with van der Waals surface area (Å²) in [6.45, 7) is 7.24. The van der Waals surface area contributed by atoms with Crippen molar-refractivity contribution in [3.8, 4) is 0 Å². The average molecular weight is 291 g/mol. The lowest BCUT2D eigenvalue weighted by Crippen LogP contribution is -2.60. The van der Waals surface area contributed by atoms with Crippen molar-refractivity contribution in [2.45, 2.75) is 37.8 Å². The molecule has 4 heteroatoms. The third-order valence-corrected chi connectivity index (χ3v) is 5.05. The maximum absolute atomic E-state index is 13.4. The van der Waals surface area contributed by atoms with E-state index in [4.69, 9.17) is 5.73 Å². The predicted octanol–water partition coefficient (Wildman–Crippen LogP) is 1.87. The molecule has 2 N–H and O–H groups in total. The van der Waals surface area contributed by atoms with Gasteiger partial charge in [-0.15, -0.1) is 0 Å². The van der Waals surface area contributed by atoms with E-state index >= 15 is 0 Å². The van der Waals surface area contributed by atoms with Crippen molar-refractivity contribution < 1.29 is 4.39 Å². The number of nitrogens with zero attached hydrogens (tertiary/aromatic N) is 2. The number of nitrogens with two attached hydrogens (primary N) is 1. The Morgan fingerprint density at radius 3 is 2.52 bits per heavy atom. The Morgan fingerprint density at radius 1 is 1.24 bits per heavy atom. The Morgan fingerprint density at radius 2 is 1.95 bits per heavy atom. The first-order valence-corrected chi connectivity index (χ1v) is 8.04. The molecule has 1 heterocycles. The van der Waals surface area contributed by atoms with E-state index in [1.165, 1.54) is 18.9 Å². The lowest BCUT2D eigenvalue weighted by atomic mass is 9.90. The van der Waals surface area contributed by atoms with E-state index < -0.39 is 0 Å². The lowest BCUT2D eigenvalue weighted by Gasteiger charge is -2.46. The van der Waals surface area contributed by atoms with E-state index in [9.17, 15) is 4.39 Å². The molecule has 1 aliphatic carbocycles. The molecular weight excluding hydrogens is 265 g/mol. The quantitative estimate of drug-likeness (QED) is 0.899. The second kappa shape index (κ2) is 6.03. The molecule has 1 aromatic carbocycles. The van der Waals surface area contributed by atoms with E-state index in [-0.39, 0.29) is 11.4 Å². The van der Waals surface area contributed by atoms with Crippen LogP contribution in [-0.4, -0.2) is 54.1 Å². The average Bonchev–Trinajstić information content (AvgIpc) is 3.32. The normalized spacial score (nSPS) is 24.0. The minimum atomic E-state index is -0.162. The van der Waals surface area contributed by atoms with Crippen LogP contribution in [0, 0.1) is 5.82 Å². The minimum absolute atomic E-state index is 0.0799. The van der Waals surface area contributed by atoms with Gasteiger partial charge in [-0.3, -0.25) is 9.80 Å². The molecule has 3 rings (SSSR count). The Balaban J connectivity index is 1.65. The SMILES string of the molecule is CC(CN)(Cc1cccc(F)c1)N1CCN(C2CC2)CC1. The Labute approximate surface area is 126 Å². The maximum atomic E-state index is 13.4. The van der Waals surface area contributed by atoms with Gasteiger partial charge in [-0.2, -0.15) is 0 Å². The molecule has 2 aliphatic rings. The number of hydrogen-bond acceptors (Lipinski definition) is 3. The summed E-state index contributed by atoms with van der Waals surface area (Å²) < 4.78 is 13.4. The molecule has 116 valence electrons. The van der Waals surface area contributed by atoms with Crippen molar-refractivity contribution in [2.24, 2.45) is 5.73 Å². The predicted molar refractivity (Wildman–Crippen MR) is 83.7 cm³/mol. The number of hydrogen-bond donors (Lipinski definition) is 1. The van der Waals surface area contributed by atoms with E-state index in [0.29, 0.717) is 6.54 Å². The molecule has 0 aromatic heterocycles. The third kappa shape index (κ3) is 3.44. The summed E-state index contributed by atoms with van der Waals surface area (Å²) in [5.41, 5.74) is 7.04. The van der Waals surface area contributed by atoms with Crippen molar-refractivity contribution in [3.05, 3.63) is 35.6 Å². The van der Waals surface area contributed by atoms with Crippen LogP contribution in [-0.2, 0) is 6.42 Å². The number of rotatable bonds is 5. The van der Waals surface area contributed by atoms with Crippen molar-refractivity contribution >= 4 is 0 Å². The van der Waals surface area contributed by atoms with Gasteiger partial charge in [-0.25, -0.2) is 4.39 Å².